The van der Waals surface area contributed by atoms with Gasteiger partial charge in [-0.3, -0.25) is 4.79 Å². The molecule has 0 atom stereocenters. The summed E-state index contributed by atoms with van der Waals surface area (Å²) in [5.74, 6) is 1.22. The fourth-order valence-electron chi connectivity index (χ4n) is 2.82. The Labute approximate surface area is 112 Å². The Morgan fingerprint density at radius 1 is 1.37 bits per heavy atom. The van der Waals surface area contributed by atoms with Gasteiger partial charge in [-0.05, 0) is 32.8 Å². The van der Waals surface area contributed by atoms with E-state index >= 15 is 0 Å². The molecule has 19 heavy (non-hydrogen) atoms. The first-order chi connectivity index (χ1) is 9.20. The van der Waals surface area contributed by atoms with Crippen molar-refractivity contribution in [3.63, 3.8) is 0 Å². The number of aromatic nitrogens is 4. The molecule has 2 aromatic rings. The first kappa shape index (κ1) is 12.1. The number of Topliss-reactive ketones (excluding diaryl/α,β-unsaturated/α-hetero) is 1. The van der Waals surface area contributed by atoms with Gasteiger partial charge in [0.2, 0.25) is 0 Å². The SMILES string of the molecule is CCn1cnnc1Cn1c(C)cc2c1CCCC2=O. The second-order valence-corrected chi connectivity index (χ2v) is 5.04. The number of nitrogens with zero attached hydrogens (tertiary/aromatic N) is 4. The Bertz CT molecular complexity index is 623. The summed E-state index contributed by atoms with van der Waals surface area (Å²) < 4.78 is 4.25. The number of hydrogen-bond donors (Lipinski definition) is 0. The lowest BCUT2D eigenvalue weighted by atomic mass is 9.97. The molecule has 0 aromatic carbocycles. The molecule has 0 spiro atoms. The van der Waals surface area contributed by atoms with Crippen LogP contribution in [0.15, 0.2) is 12.4 Å². The van der Waals surface area contributed by atoms with Crippen molar-refractivity contribution in [2.45, 2.75) is 46.2 Å². The molecular weight excluding hydrogens is 240 g/mol. The lowest BCUT2D eigenvalue weighted by molar-refractivity contribution is 0.0972. The van der Waals surface area contributed by atoms with E-state index in [0.717, 1.165) is 36.5 Å². The van der Waals surface area contributed by atoms with Crippen molar-refractivity contribution in [2.75, 3.05) is 0 Å². The third-order valence-corrected chi connectivity index (χ3v) is 3.87. The largest absolute Gasteiger partial charge is 0.341 e. The Hall–Kier alpha value is -1.91. The molecule has 1 aliphatic carbocycles. The van der Waals surface area contributed by atoms with Crippen LogP contribution in [0.5, 0.6) is 0 Å². The Balaban J connectivity index is 2.00. The van der Waals surface area contributed by atoms with Crippen molar-refractivity contribution in [1.82, 2.24) is 19.3 Å². The molecule has 0 radical (unpaired) electrons. The average molecular weight is 258 g/mol. The van der Waals surface area contributed by atoms with Gasteiger partial charge >= 0.3 is 0 Å². The predicted octanol–water partition coefficient (Wildman–Crippen LogP) is 1.98. The van der Waals surface area contributed by atoms with E-state index in [4.69, 9.17) is 0 Å². The van der Waals surface area contributed by atoms with Crippen LogP contribution in [0.25, 0.3) is 0 Å². The molecule has 0 aliphatic heterocycles. The number of hydrogen-bond acceptors (Lipinski definition) is 3. The van der Waals surface area contributed by atoms with Crippen molar-refractivity contribution in [1.29, 1.82) is 0 Å². The van der Waals surface area contributed by atoms with E-state index in [1.807, 2.05) is 10.6 Å². The summed E-state index contributed by atoms with van der Waals surface area (Å²) in [6.45, 7) is 5.69. The zero-order valence-electron chi connectivity index (χ0n) is 11.4. The van der Waals surface area contributed by atoms with E-state index in [-0.39, 0.29) is 5.78 Å². The first-order valence-electron chi connectivity index (χ1n) is 6.79. The molecule has 0 saturated carbocycles. The lowest BCUT2D eigenvalue weighted by Crippen LogP contribution is -2.16. The van der Waals surface area contributed by atoms with Crippen LogP contribution in [0.3, 0.4) is 0 Å². The van der Waals surface area contributed by atoms with Crippen LogP contribution in [0.4, 0.5) is 0 Å². The molecular formula is C14H18N4O. The summed E-state index contributed by atoms with van der Waals surface area (Å²) in [6.07, 6.45) is 4.37. The van der Waals surface area contributed by atoms with E-state index in [1.54, 1.807) is 6.33 Å². The Kier molecular flexibility index (Phi) is 2.97. The number of carbonyl (C=O) groups is 1. The van der Waals surface area contributed by atoms with Crippen molar-refractivity contribution >= 4 is 5.78 Å². The number of ketones is 1. The van der Waals surface area contributed by atoms with Gasteiger partial charge in [0.25, 0.3) is 0 Å². The molecule has 0 saturated heterocycles. The second kappa shape index (κ2) is 4.64. The second-order valence-electron chi connectivity index (χ2n) is 5.04. The van der Waals surface area contributed by atoms with Crippen LogP contribution in [0.2, 0.25) is 0 Å². The van der Waals surface area contributed by atoms with E-state index in [2.05, 4.69) is 28.6 Å². The standard InChI is InChI=1S/C14H18N4O/c1-3-17-9-15-16-14(17)8-18-10(2)7-11-12(18)5-4-6-13(11)19/h7,9H,3-6,8H2,1-2H3. The maximum atomic E-state index is 11.9. The third-order valence-electron chi connectivity index (χ3n) is 3.87. The maximum Gasteiger partial charge on any atom is 0.164 e. The number of fused-ring (bicyclic) bond motifs is 1. The highest BCUT2D eigenvalue weighted by Crippen LogP contribution is 2.25. The zero-order chi connectivity index (χ0) is 13.4. The van der Waals surface area contributed by atoms with E-state index < -0.39 is 0 Å². The smallest absolute Gasteiger partial charge is 0.164 e. The molecule has 0 bridgehead atoms. The molecule has 5 heteroatoms. The fourth-order valence-corrected chi connectivity index (χ4v) is 2.82. The van der Waals surface area contributed by atoms with Crippen LogP contribution < -0.4 is 0 Å². The maximum absolute atomic E-state index is 11.9. The highest BCUT2D eigenvalue weighted by molar-refractivity contribution is 5.98. The van der Waals surface area contributed by atoms with Crippen LogP contribution in [-0.4, -0.2) is 25.1 Å². The molecule has 3 rings (SSSR count). The van der Waals surface area contributed by atoms with Gasteiger partial charge < -0.3 is 9.13 Å². The lowest BCUT2D eigenvalue weighted by Gasteiger charge is -2.15. The number of rotatable bonds is 3. The summed E-state index contributed by atoms with van der Waals surface area (Å²) in [7, 11) is 0. The normalized spacial score (nSPS) is 14.7. The molecule has 1 aliphatic rings. The zero-order valence-corrected chi connectivity index (χ0v) is 11.4. The number of aryl methyl sites for hydroxylation is 2. The summed E-state index contributed by atoms with van der Waals surface area (Å²) in [5, 5.41) is 8.14. The van der Waals surface area contributed by atoms with Crippen molar-refractivity contribution in [3.8, 4) is 0 Å². The quantitative estimate of drug-likeness (QED) is 0.845. The van der Waals surface area contributed by atoms with Crippen molar-refractivity contribution in [2.24, 2.45) is 0 Å². The summed E-state index contributed by atoms with van der Waals surface area (Å²) in [6, 6.07) is 2.02. The summed E-state index contributed by atoms with van der Waals surface area (Å²) in [5.41, 5.74) is 3.21. The minimum atomic E-state index is 0.278. The van der Waals surface area contributed by atoms with Crippen molar-refractivity contribution < 1.29 is 4.79 Å². The van der Waals surface area contributed by atoms with Gasteiger partial charge in [0.05, 0.1) is 6.54 Å². The van der Waals surface area contributed by atoms with Gasteiger partial charge in [-0.1, -0.05) is 0 Å². The van der Waals surface area contributed by atoms with Gasteiger partial charge in [-0.2, -0.15) is 0 Å². The topological polar surface area (TPSA) is 52.7 Å². The monoisotopic (exact) mass is 258 g/mol. The molecule has 100 valence electrons. The molecule has 0 N–H and O–H groups in total. The van der Waals surface area contributed by atoms with Crippen molar-refractivity contribution in [3.05, 3.63) is 35.2 Å². The van der Waals surface area contributed by atoms with Crippen LogP contribution in [0.1, 0.15) is 47.3 Å². The van der Waals surface area contributed by atoms with Gasteiger partial charge in [-0.15, -0.1) is 10.2 Å². The first-order valence-corrected chi connectivity index (χ1v) is 6.79. The minimum Gasteiger partial charge on any atom is -0.341 e. The molecule has 0 amide bonds. The van der Waals surface area contributed by atoms with Gasteiger partial charge in [0.1, 0.15) is 6.33 Å². The molecule has 0 fully saturated rings. The van der Waals surface area contributed by atoms with E-state index in [9.17, 15) is 4.79 Å². The molecule has 2 aromatic heterocycles. The van der Waals surface area contributed by atoms with Gasteiger partial charge in [0, 0.05) is 29.9 Å². The third kappa shape index (κ3) is 1.99. The van der Waals surface area contributed by atoms with Gasteiger partial charge in [-0.25, -0.2) is 0 Å². The average Bonchev–Trinajstić information content (AvgIpc) is 2.97. The highest BCUT2D eigenvalue weighted by Gasteiger charge is 2.23. The Morgan fingerprint density at radius 2 is 2.21 bits per heavy atom. The van der Waals surface area contributed by atoms with Crippen LogP contribution in [0, 0.1) is 6.92 Å². The minimum absolute atomic E-state index is 0.278. The molecule has 0 unspecified atom stereocenters. The van der Waals surface area contributed by atoms with E-state index in [0.29, 0.717) is 13.0 Å². The van der Waals surface area contributed by atoms with E-state index in [1.165, 1.54) is 5.69 Å². The summed E-state index contributed by atoms with van der Waals surface area (Å²) in [4.78, 5) is 11.9. The Morgan fingerprint density at radius 3 is 3.00 bits per heavy atom. The van der Waals surface area contributed by atoms with Crippen LogP contribution >= 0.6 is 0 Å². The number of carbonyl (C=O) groups excluding carboxylic acids is 1. The van der Waals surface area contributed by atoms with Gasteiger partial charge in [0.15, 0.2) is 11.6 Å². The molecule has 2 heterocycles. The fraction of sp³-hybridized carbons (Fsp3) is 0.500. The summed E-state index contributed by atoms with van der Waals surface area (Å²) >= 11 is 0. The predicted molar refractivity (Wildman–Crippen MR) is 71.2 cm³/mol. The highest BCUT2D eigenvalue weighted by atomic mass is 16.1. The molecule has 5 nitrogen and oxygen atoms in total. The van der Waals surface area contributed by atoms with Crippen LogP contribution in [-0.2, 0) is 19.5 Å².